The van der Waals surface area contributed by atoms with E-state index >= 15 is 0 Å². The number of hydrazine groups is 1. The first-order valence-electron chi connectivity index (χ1n) is 16.5. The van der Waals surface area contributed by atoms with E-state index in [0.717, 1.165) is 45.2 Å². The molecule has 8 aliphatic rings. The summed E-state index contributed by atoms with van der Waals surface area (Å²) in [4.78, 5) is 21.8. The molecule has 1 spiro atoms. The molecule has 5 aliphatic heterocycles. The highest BCUT2D eigenvalue weighted by Crippen LogP contribution is 2.54. The van der Waals surface area contributed by atoms with E-state index in [2.05, 4.69) is 44.8 Å². The molecule has 0 aromatic carbocycles. The van der Waals surface area contributed by atoms with Gasteiger partial charge in [-0.1, -0.05) is 6.42 Å². The lowest BCUT2D eigenvalue weighted by molar-refractivity contribution is -0.169. The van der Waals surface area contributed by atoms with Crippen molar-refractivity contribution >= 4 is 5.91 Å². The van der Waals surface area contributed by atoms with Crippen LogP contribution in [0.3, 0.4) is 0 Å². The standard InChI is InChI=1S/C31H52N6O2/c1-20(36-11-10-30(16-36)8-9-30)26-13-24-25(28(33-26)21-6-7-21)15-37(29(24)38)23-5-3-4-22(12-23)31(17-39-18-31)14-27-34-32-19-35(27)2/h20-28,32-34H,3-19H2,1-2H3. The largest absolute Gasteiger partial charge is 0.380 e. The van der Waals surface area contributed by atoms with Gasteiger partial charge < -0.3 is 15.0 Å². The molecule has 39 heavy (non-hydrogen) atoms. The maximum absolute atomic E-state index is 14.2. The molecule has 1 amide bonds. The van der Waals surface area contributed by atoms with Crippen LogP contribution >= 0.6 is 0 Å². The van der Waals surface area contributed by atoms with E-state index in [-0.39, 0.29) is 11.3 Å². The predicted molar refractivity (Wildman–Crippen MR) is 150 cm³/mol. The Morgan fingerprint density at radius 1 is 1.10 bits per heavy atom. The van der Waals surface area contributed by atoms with Gasteiger partial charge in [0.25, 0.3) is 0 Å². The van der Waals surface area contributed by atoms with Gasteiger partial charge in [0.15, 0.2) is 0 Å². The summed E-state index contributed by atoms with van der Waals surface area (Å²) in [5, 5.41) is 4.20. The zero-order valence-corrected chi connectivity index (χ0v) is 24.4. The Morgan fingerprint density at radius 3 is 2.62 bits per heavy atom. The average Bonchev–Trinajstić information content (AvgIpc) is 3.79. The molecule has 8 nitrogen and oxygen atoms in total. The molecule has 5 heterocycles. The molecule has 218 valence electrons. The lowest BCUT2D eigenvalue weighted by Gasteiger charge is -2.52. The van der Waals surface area contributed by atoms with E-state index in [9.17, 15) is 4.79 Å². The second-order valence-electron chi connectivity index (χ2n) is 15.4. The molecule has 8 heteroatoms. The van der Waals surface area contributed by atoms with Crippen molar-refractivity contribution in [3.05, 3.63) is 0 Å². The zero-order chi connectivity index (χ0) is 26.4. The number of nitrogens with zero attached hydrogens (tertiary/aromatic N) is 3. The van der Waals surface area contributed by atoms with Crippen LogP contribution in [0, 0.1) is 34.5 Å². The van der Waals surface area contributed by atoms with Gasteiger partial charge in [0.2, 0.25) is 5.91 Å². The highest BCUT2D eigenvalue weighted by Gasteiger charge is 2.57. The first kappa shape index (κ1) is 25.9. The van der Waals surface area contributed by atoms with Crippen LogP contribution in [0.25, 0.3) is 0 Å². The highest BCUT2D eigenvalue weighted by molar-refractivity contribution is 5.82. The summed E-state index contributed by atoms with van der Waals surface area (Å²) in [6, 6.07) is 1.98. The third-order valence-corrected chi connectivity index (χ3v) is 13.1. The second kappa shape index (κ2) is 9.63. The normalized spacial score (nSPS) is 44.5. The third kappa shape index (κ3) is 4.51. The van der Waals surface area contributed by atoms with Crippen molar-refractivity contribution in [3.8, 4) is 0 Å². The van der Waals surface area contributed by atoms with Gasteiger partial charge in [-0.25, -0.2) is 10.9 Å². The van der Waals surface area contributed by atoms with Gasteiger partial charge in [-0.3, -0.25) is 14.6 Å². The number of hydrogen-bond donors (Lipinski definition) is 3. The maximum Gasteiger partial charge on any atom is 0.226 e. The fourth-order valence-electron chi connectivity index (χ4n) is 9.94. The number of hydrogen-bond acceptors (Lipinski definition) is 7. The summed E-state index contributed by atoms with van der Waals surface area (Å²) < 4.78 is 5.88. The van der Waals surface area contributed by atoms with Gasteiger partial charge >= 0.3 is 0 Å². The van der Waals surface area contributed by atoms with Crippen molar-refractivity contribution in [1.29, 1.82) is 0 Å². The Hall–Kier alpha value is -0.770. The minimum atomic E-state index is 0.241. The van der Waals surface area contributed by atoms with Crippen molar-refractivity contribution in [2.75, 3.05) is 46.6 Å². The fraction of sp³-hybridized carbons (Fsp3) is 0.968. The smallest absolute Gasteiger partial charge is 0.226 e. The Balaban J connectivity index is 0.963. The van der Waals surface area contributed by atoms with Gasteiger partial charge in [-0.05, 0) is 102 Å². The van der Waals surface area contributed by atoms with Crippen LogP contribution in [0.15, 0.2) is 0 Å². The second-order valence-corrected chi connectivity index (χ2v) is 15.4. The van der Waals surface area contributed by atoms with Crippen LogP contribution in [-0.4, -0.2) is 97.5 Å². The van der Waals surface area contributed by atoms with Crippen molar-refractivity contribution in [2.24, 2.45) is 34.5 Å². The molecule has 3 aliphatic carbocycles. The monoisotopic (exact) mass is 540 g/mol. The molecule has 0 aromatic heterocycles. The Morgan fingerprint density at radius 2 is 1.95 bits per heavy atom. The number of nitrogens with one attached hydrogen (secondary N) is 3. The summed E-state index contributed by atoms with van der Waals surface area (Å²) >= 11 is 0. The zero-order valence-electron chi connectivity index (χ0n) is 24.4. The van der Waals surface area contributed by atoms with E-state index in [1.807, 2.05) is 0 Å². The van der Waals surface area contributed by atoms with Crippen molar-refractivity contribution in [1.82, 2.24) is 30.9 Å². The van der Waals surface area contributed by atoms with E-state index in [4.69, 9.17) is 4.74 Å². The van der Waals surface area contributed by atoms with Crippen LogP contribution in [0.4, 0.5) is 0 Å². The first-order valence-corrected chi connectivity index (χ1v) is 16.5. The van der Waals surface area contributed by atoms with E-state index < -0.39 is 0 Å². The van der Waals surface area contributed by atoms with Gasteiger partial charge in [-0.15, -0.1) is 0 Å². The van der Waals surface area contributed by atoms with E-state index in [1.165, 1.54) is 70.9 Å². The minimum Gasteiger partial charge on any atom is -0.380 e. The Kier molecular flexibility index (Phi) is 6.40. The molecule has 3 N–H and O–H groups in total. The van der Waals surface area contributed by atoms with Crippen LogP contribution in [0.1, 0.15) is 77.6 Å². The summed E-state index contributed by atoms with van der Waals surface area (Å²) in [6.07, 6.45) is 14.5. The maximum atomic E-state index is 14.2. The Bertz CT molecular complexity index is 949. The van der Waals surface area contributed by atoms with E-state index in [1.54, 1.807) is 0 Å². The molecule has 0 bridgehead atoms. The molecule has 5 saturated heterocycles. The summed E-state index contributed by atoms with van der Waals surface area (Å²) in [7, 11) is 2.20. The number of carbonyl (C=O) groups excluding carboxylic acids is 1. The molecule has 8 atom stereocenters. The molecule has 0 aromatic rings. The average molecular weight is 541 g/mol. The van der Waals surface area contributed by atoms with Crippen molar-refractivity contribution in [3.63, 3.8) is 0 Å². The van der Waals surface area contributed by atoms with Crippen LogP contribution in [-0.2, 0) is 9.53 Å². The number of piperidine rings is 1. The topological polar surface area (TPSA) is 72.1 Å². The lowest BCUT2D eigenvalue weighted by Crippen LogP contribution is -2.59. The summed E-state index contributed by atoms with van der Waals surface area (Å²) in [5.41, 5.74) is 7.73. The first-order chi connectivity index (χ1) is 18.9. The van der Waals surface area contributed by atoms with Crippen molar-refractivity contribution < 1.29 is 9.53 Å². The molecular weight excluding hydrogens is 488 g/mol. The molecule has 8 rings (SSSR count). The molecular formula is C31H52N6O2. The number of ether oxygens (including phenoxy) is 1. The van der Waals surface area contributed by atoms with Crippen molar-refractivity contribution in [2.45, 2.75) is 108 Å². The fourth-order valence-corrected chi connectivity index (χ4v) is 9.94. The van der Waals surface area contributed by atoms with Gasteiger partial charge in [0, 0.05) is 54.5 Å². The summed E-state index contributed by atoms with van der Waals surface area (Å²) in [5.74, 6) is 2.73. The highest BCUT2D eigenvalue weighted by atomic mass is 16.5. The number of carbonyl (C=O) groups is 1. The molecule has 8 fully saturated rings. The van der Waals surface area contributed by atoms with Gasteiger partial charge in [0.1, 0.15) is 0 Å². The SMILES string of the molecule is CC(C1CC2C(=O)N(C3CCCC(C4(CC5NNCN5C)COC4)C3)CC2C(C2CC2)N1)N1CCC2(CC2)C1. The number of rotatable bonds is 7. The quantitative estimate of drug-likeness (QED) is 0.458. The predicted octanol–water partition coefficient (Wildman–Crippen LogP) is 2.36. The number of fused-ring (bicyclic) bond motifs is 1. The molecule has 0 radical (unpaired) electrons. The van der Waals surface area contributed by atoms with E-state index in [0.29, 0.717) is 53.5 Å². The van der Waals surface area contributed by atoms with Crippen LogP contribution in [0.5, 0.6) is 0 Å². The number of likely N-dealkylation sites (tertiary alicyclic amines) is 2. The molecule has 8 unspecified atom stereocenters. The van der Waals surface area contributed by atoms with Gasteiger partial charge in [-0.2, -0.15) is 0 Å². The Labute approximate surface area is 235 Å². The summed E-state index contributed by atoms with van der Waals surface area (Å²) in [6.45, 7) is 8.70. The lowest BCUT2D eigenvalue weighted by atomic mass is 9.64. The third-order valence-electron chi connectivity index (χ3n) is 13.1. The van der Waals surface area contributed by atoms with Gasteiger partial charge in [0.05, 0.1) is 26.0 Å². The molecule has 3 saturated carbocycles. The van der Waals surface area contributed by atoms with Crippen LogP contribution < -0.4 is 16.2 Å². The minimum absolute atomic E-state index is 0.241. The number of amides is 1. The van der Waals surface area contributed by atoms with Crippen LogP contribution in [0.2, 0.25) is 0 Å².